The van der Waals surface area contributed by atoms with Crippen LogP contribution in [0.3, 0.4) is 0 Å². The van der Waals surface area contributed by atoms with E-state index in [4.69, 9.17) is 9.15 Å². The van der Waals surface area contributed by atoms with E-state index in [9.17, 15) is 13.2 Å². The Hall–Kier alpha value is -2.76. The predicted octanol–water partition coefficient (Wildman–Crippen LogP) is 5.15. The fourth-order valence-electron chi connectivity index (χ4n) is 1.85. The van der Waals surface area contributed by atoms with E-state index in [-0.39, 0.29) is 11.6 Å². The minimum absolute atomic E-state index is 0.140. The van der Waals surface area contributed by atoms with Gasteiger partial charge in [-0.05, 0) is 24.3 Å². The highest BCUT2D eigenvalue weighted by Gasteiger charge is 2.40. The Labute approximate surface area is 124 Å². The van der Waals surface area contributed by atoms with Crippen molar-refractivity contribution in [2.75, 3.05) is 0 Å². The van der Waals surface area contributed by atoms with Crippen molar-refractivity contribution in [1.29, 1.82) is 0 Å². The third-order valence-corrected chi connectivity index (χ3v) is 2.84. The average Bonchev–Trinajstić information content (AvgIpc) is 2.93. The third kappa shape index (κ3) is 2.95. The maximum atomic E-state index is 13.1. The first-order valence-electron chi connectivity index (χ1n) is 6.40. The SMILES string of the molecule is FC(F)(F)c1nc(-c2ccccc2)oc1Oc1ccccc1. The molecule has 2 aromatic carbocycles. The Balaban J connectivity index is 2.03. The molecule has 1 heterocycles. The van der Waals surface area contributed by atoms with Crippen molar-refractivity contribution in [3.05, 3.63) is 66.4 Å². The van der Waals surface area contributed by atoms with E-state index in [1.54, 1.807) is 48.5 Å². The van der Waals surface area contributed by atoms with Crippen LogP contribution in [0, 0.1) is 0 Å². The summed E-state index contributed by atoms with van der Waals surface area (Å²) in [6.45, 7) is 0. The minimum atomic E-state index is -4.67. The molecule has 0 amide bonds. The molecule has 0 bridgehead atoms. The number of rotatable bonds is 3. The minimum Gasteiger partial charge on any atom is -0.424 e. The van der Waals surface area contributed by atoms with Crippen LogP contribution in [0.2, 0.25) is 0 Å². The fraction of sp³-hybridized carbons (Fsp3) is 0.0625. The standard InChI is InChI=1S/C16H10F3NO2/c17-16(18,19)13-15(21-12-9-5-2-6-10-12)22-14(20-13)11-7-3-1-4-8-11/h1-10H. The molecule has 0 saturated carbocycles. The Bertz CT molecular complexity index is 752. The summed E-state index contributed by atoms with van der Waals surface area (Å²) >= 11 is 0. The van der Waals surface area contributed by atoms with Crippen molar-refractivity contribution in [3.63, 3.8) is 0 Å². The zero-order chi connectivity index (χ0) is 15.6. The van der Waals surface area contributed by atoms with Crippen molar-refractivity contribution in [2.24, 2.45) is 0 Å². The zero-order valence-electron chi connectivity index (χ0n) is 11.2. The van der Waals surface area contributed by atoms with Gasteiger partial charge in [-0.1, -0.05) is 36.4 Å². The average molecular weight is 305 g/mol. The van der Waals surface area contributed by atoms with E-state index >= 15 is 0 Å². The lowest BCUT2D eigenvalue weighted by Gasteiger charge is -2.05. The summed E-state index contributed by atoms with van der Waals surface area (Å²) in [4.78, 5) is 3.53. The van der Waals surface area contributed by atoms with E-state index in [0.717, 1.165) is 0 Å². The molecule has 0 unspecified atom stereocenters. The van der Waals surface area contributed by atoms with Gasteiger partial charge in [-0.3, -0.25) is 0 Å². The third-order valence-electron chi connectivity index (χ3n) is 2.84. The first kappa shape index (κ1) is 14.2. The number of aromatic nitrogens is 1. The van der Waals surface area contributed by atoms with E-state index < -0.39 is 17.8 Å². The summed E-state index contributed by atoms with van der Waals surface area (Å²) in [5, 5.41) is 0. The predicted molar refractivity (Wildman–Crippen MR) is 73.5 cm³/mol. The largest absolute Gasteiger partial charge is 0.440 e. The second-order valence-corrected chi connectivity index (χ2v) is 4.43. The van der Waals surface area contributed by atoms with Crippen LogP contribution in [0.1, 0.15) is 5.69 Å². The Kier molecular flexibility index (Phi) is 3.58. The number of hydrogen-bond acceptors (Lipinski definition) is 3. The monoisotopic (exact) mass is 305 g/mol. The highest BCUT2D eigenvalue weighted by atomic mass is 19.4. The molecule has 0 aliphatic carbocycles. The Morgan fingerprint density at radius 2 is 1.45 bits per heavy atom. The number of nitrogens with zero attached hydrogens (tertiary/aromatic N) is 1. The summed E-state index contributed by atoms with van der Waals surface area (Å²) in [5.74, 6) is -0.569. The normalized spacial score (nSPS) is 11.4. The summed E-state index contributed by atoms with van der Waals surface area (Å²) in [6.07, 6.45) is -4.67. The molecule has 3 nitrogen and oxygen atoms in total. The fourth-order valence-corrected chi connectivity index (χ4v) is 1.85. The van der Waals surface area contributed by atoms with Gasteiger partial charge in [0.1, 0.15) is 5.75 Å². The van der Waals surface area contributed by atoms with Crippen LogP contribution >= 0.6 is 0 Å². The van der Waals surface area contributed by atoms with E-state index in [2.05, 4.69) is 4.98 Å². The van der Waals surface area contributed by atoms with Gasteiger partial charge >= 0.3 is 12.1 Å². The van der Waals surface area contributed by atoms with E-state index in [1.165, 1.54) is 12.1 Å². The molecular weight excluding hydrogens is 295 g/mol. The first-order valence-corrected chi connectivity index (χ1v) is 6.40. The number of oxazole rings is 1. The van der Waals surface area contributed by atoms with Crippen molar-refractivity contribution in [3.8, 4) is 23.1 Å². The molecule has 0 fully saturated rings. The number of alkyl halides is 3. The van der Waals surface area contributed by atoms with Crippen molar-refractivity contribution in [1.82, 2.24) is 4.98 Å². The van der Waals surface area contributed by atoms with Gasteiger partial charge in [0.25, 0.3) is 0 Å². The van der Waals surface area contributed by atoms with Crippen LogP contribution in [0.4, 0.5) is 13.2 Å². The van der Waals surface area contributed by atoms with Gasteiger partial charge in [0.15, 0.2) is 0 Å². The van der Waals surface area contributed by atoms with Gasteiger partial charge in [-0.2, -0.15) is 13.2 Å². The quantitative estimate of drug-likeness (QED) is 0.671. The molecule has 22 heavy (non-hydrogen) atoms. The lowest BCUT2D eigenvalue weighted by molar-refractivity contribution is -0.142. The highest BCUT2D eigenvalue weighted by Crippen LogP contribution is 2.40. The maximum Gasteiger partial charge on any atom is 0.440 e. The summed E-state index contributed by atoms with van der Waals surface area (Å²) < 4.78 is 49.6. The van der Waals surface area contributed by atoms with E-state index in [1.807, 2.05) is 0 Å². The molecular formula is C16H10F3NO2. The van der Waals surface area contributed by atoms with Crippen LogP contribution < -0.4 is 4.74 Å². The summed E-state index contributed by atoms with van der Waals surface area (Å²) in [7, 11) is 0. The number of ether oxygens (including phenoxy) is 1. The van der Waals surface area contributed by atoms with Gasteiger partial charge in [0.2, 0.25) is 11.6 Å². The van der Waals surface area contributed by atoms with Crippen LogP contribution in [0.15, 0.2) is 65.1 Å². The van der Waals surface area contributed by atoms with Crippen LogP contribution in [0.5, 0.6) is 11.7 Å². The lowest BCUT2D eigenvalue weighted by Crippen LogP contribution is -2.07. The molecule has 6 heteroatoms. The van der Waals surface area contributed by atoms with Gasteiger partial charge < -0.3 is 9.15 Å². The molecule has 3 rings (SSSR count). The smallest absolute Gasteiger partial charge is 0.424 e. The molecule has 3 aromatic rings. The van der Waals surface area contributed by atoms with Crippen molar-refractivity contribution in [2.45, 2.75) is 6.18 Å². The maximum absolute atomic E-state index is 13.1. The molecule has 1 aromatic heterocycles. The number of hydrogen-bond donors (Lipinski definition) is 0. The number of benzene rings is 2. The highest BCUT2D eigenvalue weighted by molar-refractivity contribution is 5.54. The molecule has 0 N–H and O–H groups in total. The second-order valence-electron chi connectivity index (χ2n) is 4.43. The lowest BCUT2D eigenvalue weighted by atomic mass is 10.2. The molecule has 0 radical (unpaired) electrons. The molecule has 0 aliphatic rings. The zero-order valence-corrected chi connectivity index (χ0v) is 11.2. The van der Waals surface area contributed by atoms with E-state index in [0.29, 0.717) is 5.56 Å². The van der Waals surface area contributed by atoms with Gasteiger partial charge in [-0.25, -0.2) is 4.98 Å². The van der Waals surface area contributed by atoms with Gasteiger partial charge in [0, 0.05) is 5.56 Å². The Morgan fingerprint density at radius 3 is 2.05 bits per heavy atom. The molecule has 0 aliphatic heterocycles. The van der Waals surface area contributed by atoms with Crippen LogP contribution in [0.25, 0.3) is 11.5 Å². The topological polar surface area (TPSA) is 35.3 Å². The molecule has 0 spiro atoms. The number of para-hydroxylation sites is 1. The first-order chi connectivity index (χ1) is 10.5. The van der Waals surface area contributed by atoms with Crippen molar-refractivity contribution < 1.29 is 22.3 Å². The Morgan fingerprint density at radius 1 is 0.864 bits per heavy atom. The van der Waals surface area contributed by atoms with Gasteiger partial charge in [0.05, 0.1) is 0 Å². The van der Waals surface area contributed by atoms with Crippen LogP contribution in [-0.4, -0.2) is 4.98 Å². The molecule has 0 saturated heterocycles. The molecule has 0 atom stereocenters. The van der Waals surface area contributed by atoms with Gasteiger partial charge in [-0.15, -0.1) is 0 Å². The molecule has 112 valence electrons. The summed E-state index contributed by atoms with van der Waals surface area (Å²) in [5.41, 5.74) is -0.744. The van der Waals surface area contributed by atoms with Crippen LogP contribution in [-0.2, 0) is 6.18 Å². The number of halogens is 3. The van der Waals surface area contributed by atoms with Crippen molar-refractivity contribution >= 4 is 0 Å². The summed E-state index contributed by atoms with van der Waals surface area (Å²) in [6, 6.07) is 16.4. The second kappa shape index (κ2) is 5.55.